The van der Waals surface area contributed by atoms with E-state index in [4.69, 9.17) is 4.74 Å². The molecule has 5 heteroatoms. The summed E-state index contributed by atoms with van der Waals surface area (Å²) in [4.78, 5) is 11.6. The Morgan fingerprint density at radius 2 is 2.30 bits per heavy atom. The average Bonchev–Trinajstić information content (AvgIpc) is 3.27. The van der Waals surface area contributed by atoms with E-state index < -0.39 is 0 Å². The van der Waals surface area contributed by atoms with Gasteiger partial charge < -0.3 is 15.2 Å². The van der Waals surface area contributed by atoms with Crippen LogP contribution >= 0.6 is 15.9 Å². The number of aliphatic hydroxyl groups excluding tert-OH is 1. The molecule has 0 aliphatic heterocycles. The van der Waals surface area contributed by atoms with E-state index in [1.54, 1.807) is 7.11 Å². The molecule has 110 valence electrons. The number of rotatable bonds is 7. The van der Waals surface area contributed by atoms with Crippen molar-refractivity contribution in [3.05, 3.63) is 28.2 Å². The van der Waals surface area contributed by atoms with Crippen molar-refractivity contribution in [3.63, 3.8) is 0 Å². The molecule has 1 saturated carbocycles. The maximum Gasteiger partial charge on any atom is 0.223 e. The Bertz CT molecular complexity index is 474. The van der Waals surface area contributed by atoms with Gasteiger partial charge in [-0.2, -0.15) is 0 Å². The van der Waals surface area contributed by atoms with Crippen molar-refractivity contribution in [2.75, 3.05) is 20.3 Å². The zero-order valence-electron chi connectivity index (χ0n) is 11.6. The van der Waals surface area contributed by atoms with Crippen molar-refractivity contribution in [1.29, 1.82) is 0 Å². The lowest BCUT2D eigenvalue weighted by Gasteiger charge is -2.16. The number of amides is 1. The lowest BCUT2D eigenvalue weighted by Crippen LogP contribution is -2.32. The van der Waals surface area contributed by atoms with Crippen LogP contribution in [-0.4, -0.2) is 31.3 Å². The third-order valence-electron chi connectivity index (χ3n) is 3.51. The number of methoxy groups -OCH3 is 1. The summed E-state index contributed by atoms with van der Waals surface area (Å²) < 4.78 is 6.09. The largest absolute Gasteiger partial charge is 0.496 e. The predicted molar refractivity (Wildman–Crippen MR) is 80.7 cm³/mol. The molecular weight excluding hydrogens is 322 g/mol. The number of carbonyl (C=O) groups excluding carboxylic acids is 1. The van der Waals surface area contributed by atoms with E-state index in [0.717, 1.165) is 35.0 Å². The third-order valence-corrected chi connectivity index (χ3v) is 4.13. The first-order chi connectivity index (χ1) is 9.63. The SMILES string of the molecule is COc1ccc(C[C@H](CO)CNC(=O)C2CC2)cc1Br. The van der Waals surface area contributed by atoms with Crippen molar-refractivity contribution in [2.24, 2.45) is 11.8 Å². The number of nitrogens with one attached hydrogen (secondary N) is 1. The molecule has 0 radical (unpaired) electrons. The van der Waals surface area contributed by atoms with Gasteiger partial charge in [-0.3, -0.25) is 4.79 Å². The number of benzene rings is 1. The molecule has 2 rings (SSSR count). The van der Waals surface area contributed by atoms with Gasteiger partial charge in [0.05, 0.1) is 11.6 Å². The molecule has 20 heavy (non-hydrogen) atoms. The number of carbonyl (C=O) groups is 1. The first kappa shape index (κ1) is 15.3. The smallest absolute Gasteiger partial charge is 0.223 e. The van der Waals surface area contributed by atoms with Gasteiger partial charge in [0.25, 0.3) is 0 Å². The maximum atomic E-state index is 11.6. The quantitative estimate of drug-likeness (QED) is 0.798. The summed E-state index contributed by atoms with van der Waals surface area (Å²) in [5.41, 5.74) is 1.11. The second kappa shape index (κ2) is 7.09. The molecular formula is C15H20BrNO3. The molecule has 0 spiro atoms. The van der Waals surface area contributed by atoms with Gasteiger partial charge in [-0.1, -0.05) is 6.07 Å². The van der Waals surface area contributed by atoms with Crippen LogP contribution in [0.4, 0.5) is 0 Å². The molecule has 0 heterocycles. The normalized spacial score (nSPS) is 15.8. The Hall–Kier alpha value is -1.07. The highest BCUT2D eigenvalue weighted by Crippen LogP contribution is 2.29. The molecule has 1 aliphatic carbocycles. The van der Waals surface area contributed by atoms with E-state index >= 15 is 0 Å². The van der Waals surface area contributed by atoms with Gasteiger partial charge in [-0.05, 0) is 52.9 Å². The minimum Gasteiger partial charge on any atom is -0.496 e. The second-order valence-corrected chi connectivity index (χ2v) is 6.10. The number of hydrogen-bond donors (Lipinski definition) is 2. The van der Waals surface area contributed by atoms with Crippen LogP contribution in [0.1, 0.15) is 18.4 Å². The van der Waals surface area contributed by atoms with Crippen LogP contribution in [-0.2, 0) is 11.2 Å². The lowest BCUT2D eigenvalue weighted by molar-refractivity contribution is -0.122. The Labute approximate surface area is 127 Å². The summed E-state index contributed by atoms with van der Waals surface area (Å²) in [7, 11) is 1.63. The minimum absolute atomic E-state index is 0.0398. The highest BCUT2D eigenvalue weighted by Gasteiger charge is 2.29. The molecule has 0 saturated heterocycles. The molecule has 1 aromatic carbocycles. The second-order valence-electron chi connectivity index (χ2n) is 5.24. The molecule has 1 aliphatic rings. The van der Waals surface area contributed by atoms with Crippen LogP contribution in [0.2, 0.25) is 0 Å². The average molecular weight is 342 g/mol. The number of ether oxygens (including phenoxy) is 1. The summed E-state index contributed by atoms with van der Waals surface area (Å²) in [5, 5.41) is 12.4. The zero-order valence-corrected chi connectivity index (χ0v) is 13.1. The summed E-state index contributed by atoms with van der Waals surface area (Å²) in [5.74, 6) is 1.16. The highest BCUT2D eigenvalue weighted by atomic mass is 79.9. The lowest BCUT2D eigenvalue weighted by atomic mass is 10.00. The summed E-state index contributed by atoms with van der Waals surface area (Å²) >= 11 is 3.45. The van der Waals surface area contributed by atoms with Crippen molar-refractivity contribution in [1.82, 2.24) is 5.32 Å². The van der Waals surface area contributed by atoms with Gasteiger partial charge in [-0.25, -0.2) is 0 Å². The van der Waals surface area contributed by atoms with E-state index in [0.29, 0.717) is 6.54 Å². The van der Waals surface area contributed by atoms with E-state index in [1.807, 2.05) is 18.2 Å². The fraction of sp³-hybridized carbons (Fsp3) is 0.533. The Morgan fingerprint density at radius 1 is 1.55 bits per heavy atom. The molecule has 1 amide bonds. The summed E-state index contributed by atoms with van der Waals surface area (Å²) in [6.07, 6.45) is 2.73. The summed E-state index contributed by atoms with van der Waals surface area (Å²) in [6, 6.07) is 5.87. The monoisotopic (exact) mass is 341 g/mol. The zero-order chi connectivity index (χ0) is 14.5. The first-order valence-electron chi connectivity index (χ1n) is 6.85. The van der Waals surface area contributed by atoms with E-state index in [-0.39, 0.29) is 24.3 Å². The number of halogens is 1. The van der Waals surface area contributed by atoms with Crippen molar-refractivity contribution >= 4 is 21.8 Å². The van der Waals surface area contributed by atoms with Gasteiger partial charge in [0, 0.05) is 25.0 Å². The molecule has 0 aromatic heterocycles. The molecule has 4 nitrogen and oxygen atoms in total. The van der Waals surface area contributed by atoms with Gasteiger partial charge in [-0.15, -0.1) is 0 Å². The first-order valence-corrected chi connectivity index (χ1v) is 7.64. The highest BCUT2D eigenvalue weighted by molar-refractivity contribution is 9.10. The molecule has 1 atom stereocenters. The third kappa shape index (κ3) is 4.21. The Kier molecular flexibility index (Phi) is 5.43. The van der Waals surface area contributed by atoms with Crippen molar-refractivity contribution in [2.45, 2.75) is 19.3 Å². The molecule has 2 N–H and O–H groups in total. The summed E-state index contributed by atoms with van der Waals surface area (Å²) in [6.45, 7) is 0.587. The minimum atomic E-state index is 0.0398. The standard InChI is InChI=1S/C15H20BrNO3/c1-20-14-5-2-10(7-13(14)16)6-11(9-18)8-17-15(19)12-3-4-12/h2,5,7,11-12,18H,3-4,6,8-9H2,1H3,(H,17,19)/t11-/m0/s1. The van der Waals surface area contributed by atoms with Gasteiger partial charge in [0.1, 0.15) is 5.75 Å². The topological polar surface area (TPSA) is 58.6 Å². The molecule has 1 aromatic rings. The van der Waals surface area contributed by atoms with Gasteiger partial charge >= 0.3 is 0 Å². The van der Waals surface area contributed by atoms with Gasteiger partial charge in [0.2, 0.25) is 5.91 Å². The molecule has 0 bridgehead atoms. The van der Waals surface area contributed by atoms with E-state index in [1.165, 1.54) is 0 Å². The molecule has 0 unspecified atom stereocenters. The number of hydrogen-bond acceptors (Lipinski definition) is 3. The molecule has 1 fully saturated rings. The van der Waals surface area contributed by atoms with Crippen LogP contribution in [0.15, 0.2) is 22.7 Å². The Balaban J connectivity index is 1.88. The van der Waals surface area contributed by atoms with Crippen LogP contribution in [0.3, 0.4) is 0 Å². The van der Waals surface area contributed by atoms with Crippen LogP contribution in [0, 0.1) is 11.8 Å². The maximum absolute atomic E-state index is 11.6. The van der Waals surface area contributed by atoms with E-state index in [2.05, 4.69) is 21.2 Å². The van der Waals surface area contributed by atoms with E-state index in [9.17, 15) is 9.90 Å². The van der Waals surface area contributed by atoms with Gasteiger partial charge in [0.15, 0.2) is 0 Å². The van der Waals surface area contributed by atoms with Crippen molar-refractivity contribution in [3.8, 4) is 5.75 Å². The Morgan fingerprint density at radius 3 is 2.85 bits per heavy atom. The predicted octanol–water partition coefficient (Wildman–Crippen LogP) is 2.13. The fourth-order valence-electron chi connectivity index (χ4n) is 2.11. The van der Waals surface area contributed by atoms with Crippen LogP contribution in [0.25, 0.3) is 0 Å². The van der Waals surface area contributed by atoms with Crippen LogP contribution in [0.5, 0.6) is 5.75 Å². The fourth-order valence-corrected chi connectivity index (χ4v) is 2.69. The van der Waals surface area contributed by atoms with Crippen LogP contribution < -0.4 is 10.1 Å². The number of aliphatic hydroxyl groups is 1. The van der Waals surface area contributed by atoms with Crippen molar-refractivity contribution < 1.29 is 14.6 Å².